The van der Waals surface area contributed by atoms with E-state index in [4.69, 9.17) is 0 Å². The number of hydrogen-bond donors (Lipinski definition) is 0. The fraction of sp³-hybridized carbons (Fsp3) is 0.308. The van der Waals surface area contributed by atoms with Crippen LogP contribution in [0.1, 0.15) is 24.6 Å². The highest BCUT2D eigenvalue weighted by Crippen LogP contribution is 2.24. The molecule has 1 nitrogen and oxygen atoms in total. The van der Waals surface area contributed by atoms with Crippen LogP contribution >= 0.6 is 11.3 Å². The van der Waals surface area contributed by atoms with Crippen molar-refractivity contribution >= 4 is 11.3 Å². The summed E-state index contributed by atoms with van der Waals surface area (Å²) in [4.78, 5) is 4.50. The lowest BCUT2D eigenvalue weighted by atomic mass is 10.1. The predicted octanol–water partition coefficient (Wildman–Crippen LogP) is 4.07. The number of hydrogen-bond acceptors (Lipinski definition) is 2. The second-order valence-corrected chi connectivity index (χ2v) is 4.60. The number of rotatable bonds is 3. The molecule has 0 aliphatic heterocycles. The van der Waals surface area contributed by atoms with Gasteiger partial charge in [0.05, 0.1) is 0 Å². The van der Waals surface area contributed by atoms with Crippen molar-refractivity contribution in [2.75, 3.05) is 0 Å². The molecule has 2 rings (SSSR count). The number of aryl methyl sites for hydroxylation is 2. The lowest BCUT2D eigenvalue weighted by Crippen LogP contribution is -1.84. The molecule has 0 bridgehead atoms. The molecule has 2 heteroatoms. The van der Waals surface area contributed by atoms with Gasteiger partial charge in [0.25, 0.3) is 0 Å². The second kappa shape index (κ2) is 4.58. The summed E-state index contributed by atoms with van der Waals surface area (Å²) in [6.07, 6.45) is 2.35. The Morgan fingerprint density at radius 2 is 2.20 bits per heavy atom. The lowest BCUT2D eigenvalue weighted by Gasteiger charge is -2.01. The topological polar surface area (TPSA) is 12.9 Å². The Kier molecular flexibility index (Phi) is 3.17. The average Bonchev–Trinajstić information content (AvgIpc) is 2.66. The highest BCUT2D eigenvalue weighted by Gasteiger charge is 2.02. The van der Waals surface area contributed by atoms with E-state index in [1.807, 2.05) is 6.92 Å². The zero-order valence-corrected chi connectivity index (χ0v) is 9.97. The van der Waals surface area contributed by atoms with Crippen LogP contribution in [0.3, 0.4) is 0 Å². The first kappa shape index (κ1) is 10.4. The first-order valence-electron chi connectivity index (χ1n) is 5.31. The van der Waals surface area contributed by atoms with E-state index < -0.39 is 0 Å². The third-order valence-corrected chi connectivity index (χ3v) is 3.34. The third-order valence-electron chi connectivity index (χ3n) is 2.33. The van der Waals surface area contributed by atoms with E-state index in [9.17, 15) is 0 Å². The molecule has 0 unspecified atom stereocenters. The van der Waals surface area contributed by atoms with Gasteiger partial charge >= 0.3 is 0 Å². The van der Waals surface area contributed by atoms with Crippen LogP contribution in [-0.2, 0) is 6.42 Å². The van der Waals surface area contributed by atoms with Gasteiger partial charge in [-0.3, -0.25) is 0 Å². The number of benzene rings is 1. The smallest absolute Gasteiger partial charge is 0.123 e. The van der Waals surface area contributed by atoms with Gasteiger partial charge in [-0.15, -0.1) is 11.3 Å². The quantitative estimate of drug-likeness (QED) is 0.755. The molecule has 0 fully saturated rings. The molecule has 1 aromatic carbocycles. The summed E-state index contributed by atoms with van der Waals surface area (Å²) < 4.78 is 0. The van der Waals surface area contributed by atoms with Crippen molar-refractivity contribution in [2.24, 2.45) is 0 Å². The molecule has 0 radical (unpaired) electrons. The van der Waals surface area contributed by atoms with Crippen LogP contribution in [-0.4, -0.2) is 4.98 Å². The zero-order chi connectivity index (χ0) is 10.7. The van der Waals surface area contributed by atoms with Crippen LogP contribution in [0.25, 0.3) is 10.6 Å². The van der Waals surface area contributed by atoms with Crippen LogP contribution in [0.15, 0.2) is 29.6 Å². The number of thiazole rings is 1. The van der Waals surface area contributed by atoms with E-state index in [0.717, 1.165) is 17.1 Å². The minimum Gasteiger partial charge on any atom is -0.241 e. The molecule has 1 aromatic heterocycles. The first-order chi connectivity index (χ1) is 7.29. The van der Waals surface area contributed by atoms with E-state index in [2.05, 4.69) is 41.6 Å². The zero-order valence-electron chi connectivity index (χ0n) is 9.16. The van der Waals surface area contributed by atoms with Gasteiger partial charge < -0.3 is 0 Å². The summed E-state index contributed by atoms with van der Waals surface area (Å²) in [7, 11) is 0. The molecule has 0 spiro atoms. The van der Waals surface area contributed by atoms with E-state index >= 15 is 0 Å². The van der Waals surface area contributed by atoms with Crippen molar-refractivity contribution in [1.82, 2.24) is 4.98 Å². The SMILES string of the molecule is CCCc1cccc(-c2nc(C)cs2)c1. The Morgan fingerprint density at radius 3 is 2.87 bits per heavy atom. The molecule has 1 heterocycles. The second-order valence-electron chi connectivity index (χ2n) is 3.74. The summed E-state index contributed by atoms with van der Waals surface area (Å²) in [5, 5.41) is 3.23. The maximum atomic E-state index is 4.50. The molecule has 0 atom stereocenters. The van der Waals surface area contributed by atoms with Gasteiger partial charge in [0.15, 0.2) is 0 Å². The van der Waals surface area contributed by atoms with Crippen LogP contribution in [0.4, 0.5) is 0 Å². The van der Waals surface area contributed by atoms with Crippen molar-refractivity contribution in [3.8, 4) is 10.6 Å². The normalized spacial score (nSPS) is 10.5. The van der Waals surface area contributed by atoms with E-state index in [0.29, 0.717) is 0 Å². The fourth-order valence-electron chi connectivity index (χ4n) is 1.64. The summed E-state index contributed by atoms with van der Waals surface area (Å²) in [6.45, 7) is 4.25. The molecule has 0 N–H and O–H groups in total. The average molecular weight is 217 g/mol. The molecule has 0 amide bonds. The van der Waals surface area contributed by atoms with Crippen LogP contribution < -0.4 is 0 Å². The van der Waals surface area contributed by atoms with Crippen molar-refractivity contribution in [1.29, 1.82) is 0 Å². The van der Waals surface area contributed by atoms with Crippen LogP contribution in [0.5, 0.6) is 0 Å². The maximum Gasteiger partial charge on any atom is 0.123 e. The highest BCUT2D eigenvalue weighted by atomic mass is 32.1. The fourth-order valence-corrected chi connectivity index (χ4v) is 2.43. The van der Waals surface area contributed by atoms with E-state index in [-0.39, 0.29) is 0 Å². The minimum atomic E-state index is 1.11. The van der Waals surface area contributed by atoms with Gasteiger partial charge in [-0.2, -0.15) is 0 Å². The number of aromatic nitrogens is 1. The van der Waals surface area contributed by atoms with Crippen molar-refractivity contribution < 1.29 is 0 Å². The molecule has 0 aliphatic rings. The molecule has 15 heavy (non-hydrogen) atoms. The maximum absolute atomic E-state index is 4.50. The van der Waals surface area contributed by atoms with Gasteiger partial charge in [-0.05, 0) is 25.0 Å². The van der Waals surface area contributed by atoms with Gasteiger partial charge in [-0.25, -0.2) is 4.98 Å². The minimum absolute atomic E-state index is 1.11. The Labute approximate surface area is 94.8 Å². The van der Waals surface area contributed by atoms with E-state index in [1.54, 1.807) is 11.3 Å². The van der Waals surface area contributed by atoms with Crippen molar-refractivity contribution in [3.05, 3.63) is 40.9 Å². The van der Waals surface area contributed by atoms with Gasteiger partial charge in [0.1, 0.15) is 5.01 Å². The Hall–Kier alpha value is -1.15. The summed E-state index contributed by atoms with van der Waals surface area (Å²) >= 11 is 1.72. The predicted molar refractivity (Wildman–Crippen MR) is 66.3 cm³/mol. The van der Waals surface area contributed by atoms with Crippen LogP contribution in [0, 0.1) is 6.92 Å². The Morgan fingerprint density at radius 1 is 1.33 bits per heavy atom. The molecular weight excluding hydrogens is 202 g/mol. The number of nitrogens with zero attached hydrogens (tertiary/aromatic N) is 1. The van der Waals surface area contributed by atoms with Gasteiger partial charge in [-0.1, -0.05) is 31.5 Å². The first-order valence-corrected chi connectivity index (χ1v) is 6.19. The van der Waals surface area contributed by atoms with Gasteiger partial charge in [0, 0.05) is 16.6 Å². The van der Waals surface area contributed by atoms with Crippen molar-refractivity contribution in [2.45, 2.75) is 26.7 Å². The van der Waals surface area contributed by atoms with Crippen LogP contribution in [0.2, 0.25) is 0 Å². The molecule has 0 saturated heterocycles. The lowest BCUT2D eigenvalue weighted by molar-refractivity contribution is 0.922. The molecule has 0 saturated carbocycles. The van der Waals surface area contributed by atoms with Crippen molar-refractivity contribution in [3.63, 3.8) is 0 Å². The summed E-state index contributed by atoms with van der Waals surface area (Å²) in [5.41, 5.74) is 3.76. The largest absolute Gasteiger partial charge is 0.241 e. The Balaban J connectivity index is 2.32. The standard InChI is InChI=1S/C13H15NS/c1-3-5-11-6-4-7-12(8-11)13-14-10(2)9-15-13/h4,6-9H,3,5H2,1-2H3. The third kappa shape index (κ3) is 2.45. The molecule has 2 aromatic rings. The van der Waals surface area contributed by atoms with Gasteiger partial charge in [0.2, 0.25) is 0 Å². The summed E-state index contributed by atoms with van der Waals surface area (Å²) in [6, 6.07) is 8.70. The van der Waals surface area contributed by atoms with E-state index in [1.165, 1.54) is 17.5 Å². The Bertz CT molecular complexity index is 445. The molecule has 0 aliphatic carbocycles. The highest BCUT2D eigenvalue weighted by molar-refractivity contribution is 7.13. The monoisotopic (exact) mass is 217 g/mol. The molecule has 78 valence electrons. The summed E-state index contributed by atoms with van der Waals surface area (Å²) in [5.74, 6) is 0. The molecular formula is C13H15NS.